The lowest BCUT2D eigenvalue weighted by atomic mass is 10.4. The molecule has 0 aliphatic carbocycles. The summed E-state index contributed by atoms with van der Waals surface area (Å²) < 4.78 is 0. The van der Waals surface area contributed by atoms with E-state index in [0.717, 1.165) is 5.39 Å². The minimum Gasteiger partial charge on any atom is -0.235 e. The standard InChI is InChI=1S/C6H3N4/c1-2-5-4-8-10-9-6(5)7-3-1/h1-3H. The fourth-order valence-corrected chi connectivity index (χ4v) is 0.705. The average Bonchev–Trinajstić information content (AvgIpc) is 2.05. The number of hydrogen-bond acceptors (Lipinski definition) is 4. The molecule has 0 bridgehead atoms. The van der Waals surface area contributed by atoms with Crippen molar-refractivity contribution in [2.45, 2.75) is 0 Å². The van der Waals surface area contributed by atoms with Gasteiger partial charge in [0, 0.05) is 6.20 Å². The van der Waals surface area contributed by atoms with Crippen molar-refractivity contribution < 1.29 is 0 Å². The van der Waals surface area contributed by atoms with E-state index in [4.69, 9.17) is 0 Å². The van der Waals surface area contributed by atoms with Gasteiger partial charge in [0.05, 0.1) is 5.39 Å². The molecule has 2 heterocycles. The predicted molar refractivity (Wildman–Crippen MR) is 34.0 cm³/mol. The first kappa shape index (κ1) is 5.22. The largest absolute Gasteiger partial charge is 0.235 e. The molecule has 0 aliphatic rings. The molecule has 4 heteroatoms. The van der Waals surface area contributed by atoms with Gasteiger partial charge in [0.25, 0.3) is 0 Å². The summed E-state index contributed by atoms with van der Waals surface area (Å²) in [5.41, 5.74) is 0.581. The molecule has 0 N–H and O–H groups in total. The van der Waals surface area contributed by atoms with E-state index < -0.39 is 0 Å². The van der Waals surface area contributed by atoms with E-state index in [9.17, 15) is 0 Å². The van der Waals surface area contributed by atoms with Gasteiger partial charge in [0.2, 0.25) is 0 Å². The predicted octanol–water partition coefficient (Wildman–Crippen LogP) is 0.220. The topological polar surface area (TPSA) is 51.6 Å². The Morgan fingerprint density at radius 1 is 1.40 bits per heavy atom. The summed E-state index contributed by atoms with van der Waals surface area (Å²) in [5.74, 6) is 0. The van der Waals surface area contributed by atoms with E-state index in [-0.39, 0.29) is 0 Å². The summed E-state index contributed by atoms with van der Waals surface area (Å²) >= 11 is 0. The first-order chi connectivity index (χ1) is 4.97. The molecule has 0 spiro atoms. The maximum absolute atomic E-state index is 3.94. The molecule has 1 radical (unpaired) electrons. The number of nitrogens with zero attached hydrogens (tertiary/aromatic N) is 4. The number of aromatic nitrogens is 4. The molecule has 0 atom stereocenters. The highest BCUT2D eigenvalue weighted by Crippen LogP contribution is 2.00. The second-order valence-corrected chi connectivity index (χ2v) is 1.78. The zero-order valence-corrected chi connectivity index (χ0v) is 5.02. The summed E-state index contributed by atoms with van der Waals surface area (Å²) in [4.78, 5) is 3.94. The van der Waals surface area contributed by atoms with Crippen molar-refractivity contribution in [1.82, 2.24) is 20.4 Å². The number of hydrogen-bond donors (Lipinski definition) is 0. The Labute approximate surface area is 56.9 Å². The van der Waals surface area contributed by atoms with Crippen LogP contribution < -0.4 is 0 Å². The third kappa shape index (κ3) is 0.699. The quantitative estimate of drug-likeness (QED) is 0.513. The van der Waals surface area contributed by atoms with Gasteiger partial charge in [0.15, 0.2) is 5.65 Å². The lowest BCUT2D eigenvalue weighted by Gasteiger charge is -1.87. The van der Waals surface area contributed by atoms with Crippen LogP contribution in [0.15, 0.2) is 18.3 Å². The van der Waals surface area contributed by atoms with E-state index in [1.54, 1.807) is 6.20 Å². The first-order valence-electron chi connectivity index (χ1n) is 2.78. The smallest absolute Gasteiger partial charge is 0.185 e. The molecule has 2 aromatic heterocycles. The number of fused-ring (bicyclic) bond motifs is 1. The van der Waals surface area contributed by atoms with Gasteiger partial charge >= 0.3 is 0 Å². The Balaban J connectivity index is 2.89. The van der Waals surface area contributed by atoms with Gasteiger partial charge in [-0.25, -0.2) is 4.98 Å². The van der Waals surface area contributed by atoms with Crippen molar-refractivity contribution in [3.05, 3.63) is 24.5 Å². The van der Waals surface area contributed by atoms with Crippen LogP contribution in [-0.2, 0) is 0 Å². The lowest BCUT2D eigenvalue weighted by molar-refractivity contribution is 0.881. The normalized spacial score (nSPS) is 10.0. The second-order valence-electron chi connectivity index (χ2n) is 1.78. The average molecular weight is 131 g/mol. The maximum atomic E-state index is 3.94. The molecular formula is C6H3N4. The van der Waals surface area contributed by atoms with Crippen molar-refractivity contribution in [3.63, 3.8) is 0 Å². The maximum Gasteiger partial charge on any atom is 0.185 e. The van der Waals surface area contributed by atoms with E-state index in [2.05, 4.69) is 26.6 Å². The van der Waals surface area contributed by atoms with Gasteiger partial charge in [-0.2, -0.15) is 0 Å². The molecule has 0 unspecified atom stereocenters. The molecule has 4 nitrogen and oxygen atoms in total. The van der Waals surface area contributed by atoms with Crippen LogP contribution in [0.2, 0.25) is 0 Å². The highest BCUT2D eigenvalue weighted by atomic mass is 15.3. The van der Waals surface area contributed by atoms with Crippen LogP contribution >= 0.6 is 0 Å². The molecule has 0 saturated carbocycles. The molecule has 0 saturated heterocycles. The molecule has 0 aliphatic heterocycles. The summed E-state index contributed by atoms with van der Waals surface area (Å²) in [6, 6.07) is 3.65. The zero-order chi connectivity index (χ0) is 6.81. The summed E-state index contributed by atoms with van der Waals surface area (Å²) in [6.45, 7) is 0. The minimum absolute atomic E-state index is 0.581. The van der Waals surface area contributed by atoms with E-state index >= 15 is 0 Å². The summed E-state index contributed by atoms with van der Waals surface area (Å²) in [7, 11) is 0. The Bertz CT molecular complexity index is 281. The van der Waals surface area contributed by atoms with E-state index in [1.807, 2.05) is 12.1 Å². The van der Waals surface area contributed by atoms with Gasteiger partial charge in [0.1, 0.15) is 6.20 Å². The van der Waals surface area contributed by atoms with E-state index in [0.29, 0.717) is 5.65 Å². The lowest BCUT2D eigenvalue weighted by Crippen LogP contribution is -1.88. The summed E-state index contributed by atoms with van der Waals surface area (Å²) in [6.07, 6.45) is 4.32. The number of rotatable bonds is 0. The molecular weight excluding hydrogens is 128 g/mol. The minimum atomic E-state index is 0.581. The van der Waals surface area contributed by atoms with Crippen molar-refractivity contribution >= 4 is 11.0 Å². The van der Waals surface area contributed by atoms with Crippen molar-refractivity contribution in [3.8, 4) is 0 Å². The van der Waals surface area contributed by atoms with Crippen LogP contribution in [0.5, 0.6) is 0 Å². The van der Waals surface area contributed by atoms with Gasteiger partial charge in [-0.05, 0) is 17.3 Å². The first-order valence-corrected chi connectivity index (χ1v) is 2.78. The van der Waals surface area contributed by atoms with Gasteiger partial charge in [-0.1, -0.05) is 0 Å². The SMILES string of the molecule is [c]1nnnc2ncccc12. The number of pyridine rings is 1. The molecule has 0 fully saturated rings. The highest BCUT2D eigenvalue weighted by molar-refractivity contribution is 5.71. The van der Waals surface area contributed by atoms with Crippen LogP contribution in [-0.4, -0.2) is 20.4 Å². The Morgan fingerprint density at radius 3 is 3.30 bits per heavy atom. The van der Waals surface area contributed by atoms with Crippen LogP contribution in [0.4, 0.5) is 0 Å². The molecule has 0 aromatic carbocycles. The van der Waals surface area contributed by atoms with Crippen LogP contribution in [0.1, 0.15) is 0 Å². The van der Waals surface area contributed by atoms with Crippen LogP contribution in [0.25, 0.3) is 11.0 Å². The monoisotopic (exact) mass is 131 g/mol. The van der Waals surface area contributed by atoms with Crippen molar-refractivity contribution in [1.29, 1.82) is 0 Å². The van der Waals surface area contributed by atoms with Crippen LogP contribution in [0, 0.1) is 6.20 Å². The zero-order valence-electron chi connectivity index (χ0n) is 5.02. The fraction of sp³-hybridized carbons (Fsp3) is 0. The molecule has 0 amide bonds. The van der Waals surface area contributed by atoms with Gasteiger partial charge in [-0.3, -0.25) is 0 Å². The third-order valence-corrected chi connectivity index (χ3v) is 1.14. The second kappa shape index (κ2) is 1.98. The molecule has 10 heavy (non-hydrogen) atoms. The van der Waals surface area contributed by atoms with Crippen molar-refractivity contribution in [2.24, 2.45) is 0 Å². The van der Waals surface area contributed by atoms with Gasteiger partial charge < -0.3 is 0 Å². The molecule has 2 aromatic rings. The Kier molecular flexibility index (Phi) is 1.04. The van der Waals surface area contributed by atoms with Crippen molar-refractivity contribution in [2.75, 3.05) is 0 Å². The molecule has 47 valence electrons. The highest BCUT2D eigenvalue weighted by Gasteiger charge is 1.91. The fourth-order valence-electron chi connectivity index (χ4n) is 0.705. The Hall–Kier alpha value is -1.58. The van der Waals surface area contributed by atoms with E-state index in [1.165, 1.54) is 0 Å². The van der Waals surface area contributed by atoms with Gasteiger partial charge in [-0.15, -0.1) is 10.2 Å². The summed E-state index contributed by atoms with van der Waals surface area (Å²) in [5, 5.41) is 11.3. The molecule has 2 rings (SSSR count). The third-order valence-electron chi connectivity index (χ3n) is 1.14. The Morgan fingerprint density at radius 2 is 2.40 bits per heavy atom. The van der Waals surface area contributed by atoms with Crippen LogP contribution in [0.3, 0.4) is 0 Å².